The molecule has 0 aromatic carbocycles. The second-order valence-electron chi connectivity index (χ2n) is 1.74. The molecule has 2 heteroatoms. The van der Waals surface area contributed by atoms with Crippen LogP contribution in [0.15, 0.2) is 24.7 Å². The van der Waals surface area contributed by atoms with Crippen molar-refractivity contribution in [2.45, 2.75) is 0 Å². The number of hydrogen-bond acceptors (Lipinski definition) is 1. The maximum atomic E-state index is 4.01. The first-order valence-corrected chi connectivity index (χ1v) is 2.67. The summed E-state index contributed by atoms with van der Waals surface area (Å²) in [5.41, 5.74) is 0.841. The number of imidazole rings is 1. The first-order chi connectivity index (χ1) is 4.47. The first-order valence-electron chi connectivity index (χ1n) is 2.67. The molecule has 2 heterocycles. The van der Waals surface area contributed by atoms with Crippen LogP contribution >= 0.6 is 0 Å². The van der Waals surface area contributed by atoms with Gasteiger partial charge in [0.2, 0.25) is 0 Å². The lowest BCUT2D eigenvalue weighted by molar-refractivity contribution is 1.18. The molecule has 9 heavy (non-hydrogen) atoms. The van der Waals surface area contributed by atoms with Crippen molar-refractivity contribution >= 4 is 5.65 Å². The molecular formula is C7H4N2. The Morgan fingerprint density at radius 2 is 2.56 bits per heavy atom. The van der Waals surface area contributed by atoms with Crippen LogP contribution in [0.3, 0.4) is 0 Å². The zero-order chi connectivity index (χ0) is 6.10. The van der Waals surface area contributed by atoms with Gasteiger partial charge in [-0.05, 0) is 6.07 Å². The Morgan fingerprint density at radius 3 is 3.44 bits per heavy atom. The van der Waals surface area contributed by atoms with E-state index in [4.69, 9.17) is 0 Å². The van der Waals surface area contributed by atoms with E-state index in [-0.39, 0.29) is 0 Å². The van der Waals surface area contributed by atoms with Crippen molar-refractivity contribution in [2.75, 3.05) is 0 Å². The Hall–Kier alpha value is -1.31. The molecule has 2 aromatic heterocycles. The van der Waals surface area contributed by atoms with E-state index in [1.165, 1.54) is 0 Å². The summed E-state index contributed by atoms with van der Waals surface area (Å²) >= 11 is 0. The van der Waals surface area contributed by atoms with Gasteiger partial charge in [0.05, 0.1) is 0 Å². The predicted octanol–water partition coefficient (Wildman–Crippen LogP) is 0.935. The average Bonchev–Trinajstić information content (AvgIpc) is 2.33. The molecule has 0 bridgehead atoms. The van der Waals surface area contributed by atoms with Crippen LogP contribution in [0.2, 0.25) is 0 Å². The highest BCUT2D eigenvalue weighted by Gasteiger charge is 1.86. The summed E-state index contributed by atoms with van der Waals surface area (Å²) in [6.07, 6.45) is 5.42. The molecule has 2 nitrogen and oxygen atoms in total. The quantitative estimate of drug-likeness (QED) is 0.500. The molecule has 0 aliphatic rings. The molecular weight excluding hydrogens is 112 g/mol. The molecule has 0 N–H and O–H groups in total. The fourth-order valence-electron chi connectivity index (χ4n) is 0.753. The van der Waals surface area contributed by atoms with Crippen molar-refractivity contribution in [1.82, 2.24) is 9.38 Å². The number of nitrogens with zero attached hydrogens (tertiary/aromatic N) is 2. The van der Waals surface area contributed by atoms with Crippen LogP contribution in [0.25, 0.3) is 5.65 Å². The molecule has 0 spiro atoms. The van der Waals surface area contributed by atoms with Gasteiger partial charge in [0.1, 0.15) is 5.65 Å². The molecule has 0 fully saturated rings. The van der Waals surface area contributed by atoms with Gasteiger partial charge < -0.3 is 4.40 Å². The molecule has 0 saturated carbocycles. The van der Waals surface area contributed by atoms with Crippen LogP contribution < -0.4 is 0 Å². The summed E-state index contributed by atoms with van der Waals surface area (Å²) in [6, 6.07) is 7.54. The second-order valence-corrected chi connectivity index (χ2v) is 1.74. The molecule has 0 saturated heterocycles. The van der Waals surface area contributed by atoms with Gasteiger partial charge in [-0.25, -0.2) is 4.98 Å². The monoisotopic (exact) mass is 116 g/mol. The lowest BCUT2D eigenvalue weighted by Gasteiger charge is -1.85. The number of hydrogen-bond donors (Lipinski definition) is 0. The molecule has 2 rings (SSSR count). The summed E-state index contributed by atoms with van der Waals surface area (Å²) in [4.78, 5) is 4.01. The number of rotatable bonds is 0. The van der Waals surface area contributed by atoms with E-state index in [1.807, 2.05) is 16.8 Å². The van der Waals surface area contributed by atoms with Crippen molar-refractivity contribution < 1.29 is 0 Å². The lowest BCUT2D eigenvalue weighted by Crippen LogP contribution is -1.78. The Kier molecular flexibility index (Phi) is 0.803. The number of fused-ring (bicyclic) bond motifs is 1. The summed E-state index contributed by atoms with van der Waals surface area (Å²) in [7, 11) is 0. The summed E-state index contributed by atoms with van der Waals surface area (Å²) in [5, 5.41) is 0. The van der Waals surface area contributed by atoms with E-state index in [1.54, 1.807) is 12.3 Å². The largest absolute Gasteiger partial charge is 0.306 e. The van der Waals surface area contributed by atoms with Gasteiger partial charge in [0.25, 0.3) is 0 Å². The fraction of sp³-hybridized carbons (Fsp3) is 0. The Morgan fingerprint density at radius 1 is 1.56 bits per heavy atom. The summed E-state index contributed by atoms with van der Waals surface area (Å²) in [5.74, 6) is 0. The van der Waals surface area contributed by atoms with Crippen LogP contribution in [0.4, 0.5) is 0 Å². The lowest BCUT2D eigenvalue weighted by atomic mass is 10.5. The van der Waals surface area contributed by atoms with Gasteiger partial charge in [-0.3, -0.25) is 0 Å². The highest BCUT2D eigenvalue weighted by Crippen LogP contribution is 1.95. The Balaban J connectivity index is 2.95. The van der Waals surface area contributed by atoms with Crippen LogP contribution in [0.1, 0.15) is 0 Å². The molecule has 2 aromatic rings. The van der Waals surface area contributed by atoms with E-state index < -0.39 is 0 Å². The maximum absolute atomic E-state index is 4.01. The van der Waals surface area contributed by atoms with Gasteiger partial charge in [0.15, 0.2) is 0 Å². The zero-order valence-corrected chi connectivity index (χ0v) is 4.70. The minimum absolute atomic E-state index is 0.841. The molecule has 0 aliphatic carbocycles. The van der Waals surface area contributed by atoms with E-state index in [9.17, 15) is 0 Å². The smallest absolute Gasteiger partial charge is 0.144 e. The minimum atomic E-state index is 0.841. The third-order valence-corrected chi connectivity index (χ3v) is 1.17. The van der Waals surface area contributed by atoms with Crippen molar-refractivity contribution in [3.05, 3.63) is 36.8 Å². The minimum Gasteiger partial charge on any atom is -0.306 e. The van der Waals surface area contributed by atoms with Crippen molar-refractivity contribution in [3.8, 4) is 0 Å². The average molecular weight is 116 g/mol. The van der Waals surface area contributed by atoms with Crippen LogP contribution in [0, 0.1) is 12.1 Å². The normalized spacial score (nSPS) is 10.2. The van der Waals surface area contributed by atoms with Crippen molar-refractivity contribution in [1.29, 1.82) is 0 Å². The highest BCUT2D eigenvalue weighted by molar-refractivity contribution is 5.34. The van der Waals surface area contributed by atoms with Crippen LogP contribution in [0.5, 0.6) is 0 Å². The van der Waals surface area contributed by atoms with Crippen LogP contribution in [-0.2, 0) is 0 Å². The topological polar surface area (TPSA) is 17.3 Å². The third kappa shape index (κ3) is 0.598. The Labute approximate surface area is 52.8 Å². The second kappa shape index (κ2) is 1.58. The molecule has 42 valence electrons. The SMILES string of the molecule is [c]1c[c]c2nccn2c1. The number of pyridine rings is 1. The molecule has 2 radical (unpaired) electrons. The van der Waals surface area contributed by atoms with Crippen molar-refractivity contribution in [2.24, 2.45) is 0 Å². The third-order valence-electron chi connectivity index (χ3n) is 1.17. The molecule has 0 atom stereocenters. The summed E-state index contributed by atoms with van der Waals surface area (Å²) in [6.45, 7) is 0. The van der Waals surface area contributed by atoms with Gasteiger partial charge in [-0.15, -0.1) is 0 Å². The van der Waals surface area contributed by atoms with Crippen molar-refractivity contribution in [3.63, 3.8) is 0 Å². The highest BCUT2D eigenvalue weighted by atomic mass is 15.0. The van der Waals surface area contributed by atoms with Gasteiger partial charge in [0, 0.05) is 30.7 Å². The Bertz CT molecular complexity index is 281. The van der Waals surface area contributed by atoms with E-state index in [0.717, 1.165) is 5.65 Å². The van der Waals surface area contributed by atoms with Gasteiger partial charge in [-0.1, -0.05) is 0 Å². The standard InChI is InChI=1S/C7H4N2/c1-2-5-9-6-4-8-7(9)3-1/h1,4-6H. The molecule has 0 amide bonds. The number of aromatic nitrogens is 2. The predicted molar refractivity (Wildman–Crippen MR) is 32.9 cm³/mol. The van der Waals surface area contributed by atoms with E-state index in [0.29, 0.717) is 0 Å². The zero-order valence-electron chi connectivity index (χ0n) is 4.70. The van der Waals surface area contributed by atoms with Gasteiger partial charge >= 0.3 is 0 Å². The maximum Gasteiger partial charge on any atom is 0.144 e. The summed E-state index contributed by atoms with van der Waals surface area (Å²) < 4.78 is 1.86. The van der Waals surface area contributed by atoms with E-state index in [2.05, 4.69) is 17.1 Å². The molecule has 0 unspecified atom stereocenters. The first kappa shape index (κ1) is 4.56. The van der Waals surface area contributed by atoms with Crippen LogP contribution in [-0.4, -0.2) is 9.38 Å². The molecule has 0 aliphatic heterocycles. The van der Waals surface area contributed by atoms with E-state index >= 15 is 0 Å². The fourth-order valence-corrected chi connectivity index (χ4v) is 0.753. The van der Waals surface area contributed by atoms with Gasteiger partial charge in [-0.2, -0.15) is 0 Å².